The van der Waals surface area contributed by atoms with Gasteiger partial charge in [0.1, 0.15) is 0 Å². The van der Waals surface area contributed by atoms with Crippen molar-refractivity contribution in [2.45, 2.75) is 51.7 Å². The Balaban J connectivity index is 2.31. The van der Waals surface area contributed by atoms with E-state index in [9.17, 15) is 0 Å². The van der Waals surface area contributed by atoms with E-state index in [4.69, 9.17) is 0 Å². The smallest absolute Gasteiger partial charge is 0.00192 e. The molecule has 0 nitrogen and oxygen atoms in total. The molecular formula is C11H22S. The molecule has 2 unspecified atom stereocenters. The third-order valence-corrected chi connectivity index (χ3v) is 3.69. The van der Waals surface area contributed by atoms with Gasteiger partial charge in [-0.15, -0.1) is 0 Å². The highest BCUT2D eigenvalue weighted by molar-refractivity contribution is 7.80. The zero-order valence-corrected chi connectivity index (χ0v) is 9.48. The standard InChI is InChI=1S/C11H22S/c1-8(2)11(9(3)12)7-10-5-4-6-10/h8-12H,4-7H2,1-3H3. The minimum absolute atomic E-state index is 0.575. The fourth-order valence-electron chi connectivity index (χ4n) is 2.14. The van der Waals surface area contributed by atoms with E-state index in [2.05, 4.69) is 33.4 Å². The molecule has 2 atom stereocenters. The van der Waals surface area contributed by atoms with Crippen LogP contribution >= 0.6 is 12.6 Å². The summed E-state index contributed by atoms with van der Waals surface area (Å²) in [4.78, 5) is 0. The summed E-state index contributed by atoms with van der Waals surface area (Å²) in [6, 6.07) is 0. The summed E-state index contributed by atoms with van der Waals surface area (Å²) in [5, 5.41) is 0.575. The van der Waals surface area contributed by atoms with Crippen LogP contribution in [0, 0.1) is 17.8 Å². The molecule has 0 aromatic rings. The van der Waals surface area contributed by atoms with Crippen LogP contribution in [0.4, 0.5) is 0 Å². The Morgan fingerprint density at radius 3 is 2.08 bits per heavy atom. The van der Waals surface area contributed by atoms with E-state index in [0.29, 0.717) is 5.25 Å². The molecule has 0 heterocycles. The molecule has 0 amide bonds. The summed E-state index contributed by atoms with van der Waals surface area (Å²) >= 11 is 4.57. The summed E-state index contributed by atoms with van der Waals surface area (Å²) in [6.45, 7) is 6.90. The second kappa shape index (κ2) is 4.55. The molecule has 0 saturated heterocycles. The Morgan fingerprint density at radius 2 is 1.83 bits per heavy atom. The third-order valence-electron chi connectivity index (χ3n) is 3.31. The minimum Gasteiger partial charge on any atom is -0.176 e. The molecule has 12 heavy (non-hydrogen) atoms. The lowest BCUT2D eigenvalue weighted by atomic mass is 9.75. The summed E-state index contributed by atoms with van der Waals surface area (Å²) in [7, 11) is 0. The van der Waals surface area contributed by atoms with Gasteiger partial charge in [-0.1, -0.05) is 40.0 Å². The number of thiol groups is 1. The topological polar surface area (TPSA) is 0 Å². The Kier molecular flexibility index (Phi) is 3.95. The Labute approximate surface area is 82.5 Å². The molecule has 1 rings (SSSR count). The van der Waals surface area contributed by atoms with E-state index in [1.54, 1.807) is 0 Å². The van der Waals surface area contributed by atoms with E-state index in [1.807, 2.05) is 0 Å². The highest BCUT2D eigenvalue weighted by atomic mass is 32.1. The molecule has 0 aromatic carbocycles. The van der Waals surface area contributed by atoms with Gasteiger partial charge in [0.15, 0.2) is 0 Å². The molecule has 1 saturated carbocycles. The molecule has 1 fully saturated rings. The first kappa shape index (κ1) is 10.4. The van der Waals surface area contributed by atoms with Gasteiger partial charge in [-0.3, -0.25) is 0 Å². The van der Waals surface area contributed by atoms with Crippen molar-refractivity contribution in [3.8, 4) is 0 Å². The van der Waals surface area contributed by atoms with Crippen LogP contribution in [-0.4, -0.2) is 5.25 Å². The lowest BCUT2D eigenvalue weighted by molar-refractivity contribution is 0.216. The maximum absolute atomic E-state index is 4.57. The van der Waals surface area contributed by atoms with Crippen molar-refractivity contribution in [1.82, 2.24) is 0 Å². The van der Waals surface area contributed by atoms with Crippen molar-refractivity contribution in [2.75, 3.05) is 0 Å². The Morgan fingerprint density at radius 1 is 1.25 bits per heavy atom. The molecule has 0 aliphatic heterocycles. The van der Waals surface area contributed by atoms with E-state index in [1.165, 1.54) is 25.7 Å². The van der Waals surface area contributed by atoms with Gasteiger partial charge in [-0.2, -0.15) is 12.6 Å². The van der Waals surface area contributed by atoms with Crippen LogP contribution in [0.15, 0.2) is 0 Å². The molecule has 72 valence electrons. The van der Waals surface area contributed by atoms with Crippen LogP contribution in [0.3, 0.4) is 0 Å². The second-order valence-corrected chi connectivity index (χ2v) is 5.50. The summed E-state index contributed by atoms with van der Waals surface area (Å²) < 4.78 is 0. The summed E-state index contributed by atoms with van der Waals surface area (Å²) in [5.41, 5.74) is 0. The molecule has 1 heteroatoms. The molecule has 1 aliphatic rings. The van der Waals surface area contributed by atoms with Gasteiger partial charge in [0.05, 0.1) is 0 Å². The van der Waals surface area contributed by atoms with Gasteiger partial charge in [-0.25, -0.2) is 0 Å². The van der Waals surface area contributed by atoms with E-state index in [-0.39, 0.29) is 0 Å². The average Bonchev–Trinajstić information content (AvgIpc) is 1.82. The minimum atomic E-state index is 0.575. The van der Waals surface area contributed by atoms with Gasteiger partial charge in [-0.05, 0) is 24.2 Å². The second-order valence-electron chi connectivity index (χ2n) is 4.68. The van der Waals surface area contributed by atoms with Crippen LogP contribution < -0.4 is 0 Å². The van der Waals surface area contributed by atoms with Gasteiger partial charge in [0, 0.05) is 5.25 Å². The SMILES string of the molecule is CC(C)C(CC1CCC1)C(C)S. The van der Waals surface area contributed by atoms with Crippen LogP contribution in [0.25, 0.3) is 0 Å². The Hall–Kier alpha value is 0.350. The molecule has 0 radical (unpaired) electrons. The van der Waals surface area contributed by atoms with Crippen molar-refractivity contribution in [3.05, 3.63) is 0 Å². The molecular weight excluding hydrogens is 164 g/mol. The zero-order valence-electron chi connectivity index (χ0n) is 8.59. The first-order valence-corrected chi connectivity index (χ1v) is 5.81. The van der Waals surface area contributed by atoms with Crippen molar-refractivity contribution in [2.24, 2.45) is 17.8 Å². The summed E-state index contributed by atoms with van der Waals surface area (Å²) in [5.74, 6) is 2.67. The monoisotopic (exact) mass is 186 g/mol. The van der Waals surface area contributed by atoms with E-state index >= 15 is 0 Å². The largest absolute Gasteiger partial charge is 0.176 e. The molecule has 0 N–H and O–H groups in total. The number of hydrogen-bond acceptors (Lipinski definition) is 1. The fourth-order valence-corrected chi connectivity index (χ4v) is 2.61. The highest BCUT2D eigenvalue weighted by Crippen LogP contribution is 2.36. The molecule has 0 bridgehead atoms. The van der Waals surface area contributed by atoms with Crippen molar-refractivity contribution < 1.29 is 0 Å². The number of hydrogen-bond donors (Lipinski definition) is 1. The number of rotatable bonds is 4. The predicted octanol–water partition coefficient (Wildman–Crippen LogP) is 3.77. The maximum atomic E-state index is 4.57. The normalized spacial score (nSPS) is 23.8. The van der Waals surface area contributed by atoms with E-state index in [0.717, 1.165) is 17.8 Å². The first-order valence-electron chi connectivity index (χ1n) is 5.29. The van der Waals surface area contributed by atoms with Crippen LogP contribution in [-0.2, 0) is 0 Å². The van der Waals surface area contributed by atoms with Crippen LogP contribution in [0.5, 0.6) is 0 Å². The maximum Gasteiger partial charge on any atom is 0.00192 e. The predicted molar refractivity (Wildman–Crippen MR) is 58.7 cm³/mol. The fraction of sp³-hybridized carbons (Fsp3) is 1.00. The molecule has 1 aliphatic carbocycles. The van der Waals surface area contributed by atoms with Crippen LogP contribution in [0.1, 0.15) is 46.5 Å². The lowest BCUT2D eigenvalue weighted by Crippen LogP contribution is -2.24. The van der Waals surface area contributed by atoms with Gasteiger partial charge < -0.3 is 0 Å². The van der Waals surface area contributed by atoms with Crippen molar-refractivity contribution in [1.29, 1.82) is 0 Å². The van der Waals surface area contributed by atoms with Gasteiger partial charge in [0.25, 0.3) is 0 Å². The average molecular weight is 186 g/mol. The molecule has 0 spiro atoms. The quantitative estimate of drug-likeness (QED) is 0.635. The third kappa shape index (κ3) is 2.69. The highest BCUT2D eigenvalue weighted by Gasteiger charge is 2.25. The molecule has 0 aromatic heterocycles. The summed E-state index contributed by atoms with van der Waals surface area (Å²) in [6.07, 6.45) is 5.84. The van der Waals surface area contributed by atoms with Gasteiger partial charge in [0.2, 0.25) is 0 Å². The lowest BCUT2D eigenvalue weighted by Gasteiger charge is -2.33. The zero-order chi connectivity index (χ0) is 9.14. The van der Waals surface area contributed by atoms with Crippen molar-refractivity contribution in [3.63, 3.8) is 0 Å². The van der Waals surface area contributed by atoms with E-state index < -0.39 is 0 Å². The first-order chi connectivity index (χ1) is 5.61. The van der Waals surface area contributed by atoms with Crippen LogP contribution in [0.2, 0.25) is 0 Å². The van der Waals surface area contributed by atoms with Crippen molar-refractivity contribution >= 4 is 12.6 Å². The Bertz CT molecular complexity index is 117. The van der Waals surface area contributed by atoms with Gasteiger partial charge >= 0.3 is 0 Å².